The highest BCUT2D eigenvalue weighted by Crippen LogP contribution is 2.20. The Morgan fingerprint density at radius 3 is 2.32 bits per heavy atom. The Morgan fingerprint density at radius 2 is 1.68 bits per heavy atom. The van der Waals surface area contributed by atoms with Gasteiger partial charge in [-0.05, 0) is 31.0 Å². The van der Waals surface area contributed by atoms with Crippen LogP contribution in [0.4, 0.5) is 11.8 Å². The maximum atomic E-state index is 4.44. The van der Waals surface area contributed by atoms with Crippen molar-refractivity contribution in [2.24, 2.45) is 0 Å². The van der Waals surface area contributed by atoms with Gasteiger partial charge in [0.05, 0.1) is 5.69 Å². The molecule has 2 aromatic rings. The number of aryl methyl sites for hydroxylation is 2. The van der Waals surface area contributed by atoms with Gasteiger partial charge in [-0.1, -0.05) is 13.3 Å². The molecular weight excluding hydrogens is 276 g/mol. The van der Waals surface area contributed by atoms with Crippen molar-refractivity contribution in [2.45, 2.75) is 26.7 Å². The Morgan fingerprint density at radius 1 is 1.00 bits per heavy atom. The van der Waals surface area contributed by atoms with Gasteiger partial charge in [-0.3, -0.25) is 0 Å². The Hall–Kier alpha value is -2.24. The zero-order valence-corrected chi connectivity index (χ0v) is 13.2. The maximum Gasteiger partial charge on any atom is 0.225 e. The average molecular weight is 298 g/mol. The molecule has 1 aliphatic heterocycles. The van der Waals surface area contributed by atoms with E-state index in [-0.39, 0.29) is 0 Å². The van der Waals surface area contributed by atoms with Crippen LogP contribution in [-0.2, 0) is 6.42 Å². The first-order valence-corrected chi connectivity index (χ1v) is 7.88. The van der Waals surface area contributed by atoms with Gasteiger partial charge in [0.2, 0.25) is 5.95 Å². The Kier molecular flexibility index (Phi) is 4.46. The molecule has 3 rings (SSSR count). The number of hydrogen-bond acceptors (Lipinski definition) is 6. The second-order valence-electron chi connectivity index (χ2n) is 5.62. The molecule has 1 saturated heterocycles. The van der Waals surface area contributed by atoms with E-state index in [2.05, 4.69) is 49.9 Å². The van der Waals surface area contributed by atoms with Gasteiger partial charge in [-0.2, -0.15) is 5.10 Å². The molecule has 0 unspecified atom stereocenters. The average Bonchev–Trinajstić information content (AvgIpc) is 2.56. The van der Waals surface area contributed by atoms with Crippen LogP contribution in [0.5, 0.6) is 0 Å². The summed E-state index contributed by atoms with van der Waals surface area (Å²) in [5.74, 6) is 1.82. The van der Waals surface area contributed by atoms with Crippen LogP contribution in [0.3, 0.4) is 0 Å². The lowest BCUT2D eigenvalue weighted by molar-refractivity contribution is 0.628. The third-order valence-electron chi connectivity index (χ3n) is 3.93. The zero-order valence-electron chi connectivity index (χ0n) is 13.2. The SMILES string of the molecule is CCCc1cc(C)c(N2CCN(c3ncccn3)CC2)nn1. The highest BCUT2D eigenvalue weighted by atomic mass is 15.3. The van der Waals surface area contributed by atoms with Gasteiger partial charge in [0.15, 0.2) is 5.82 Å². The molecule has 3 heterocycles. The van der Waals surface area contributed by atoms with Crippen molar-refractivity contribution in [1.29, 1.82) is 0 Å². The lowest BCUT2D eigenvalue weighted by Crippen LogP contribution is -2.47. The van der Waals surface area contributed by atoms with Gasteiger partial charge in [0.1, 0.15) is 0 Å². The van der Waals surface area contributed by atoms with E-state index in [9.17, 15) is 0 Å². The van der Waals surface area contributed by atoms with E-state index in [0.717, 1.165) is 56.5 Å². The van der Waals surface area contributed by atoms with Crippen molar-refractivity contribution in [1.82, 2.24) is 20.2 Å². The standard InChI is InChI=1S/C16H22N6/c1-3-5-14-12-13(2)15(20-19-14)21-8-10-22(11-9-21)16-17-6-4-7-18-16/h4,6-7,12H,3,5,8-11H2,1-2H3. The Bertz CT molecular complexity index is 607. The van der Waals surface area contributed by atoms with Crippen LogP contribution in [0.25, 0.3) is 0 Å². The molecular formula is C16H22N6. The van der Waals surface area contributed by atoms with Crippen molar-refractivity contribution < 1.29 is 0 Å². The van der Waals surface area contributed by atoms with Gasteiger partial charge >= 0.3 is 0 Å². The van der Waals surface area contributed by atoms with Crippen molar-refractivity contribution in [3.8, 4) is 0 Å². The van der Waals surface area contributed by atoms with E-state index in [4.69, 9.17) is 0 Å². The molecule has 2 aromatic heterocycles. The minimum atomic E-state index is 0.809. The number of rotatable bonds is 4. The fourth-order valence-electron chi connectivity index (χ4n) is 2.80. The Labute approximate surface area is 131 Å². The Balaban J connectivity index is 1.66. The molecule has 0 atom stereocenters. The van der Waals surface area contributed by atoms with E-state index < -0.39 is 0 Å². The number of hydrogen-bond donors (Lipinski definition) is 0. The summed E-state index contributed by atoms with van der Waals surface area (Å²) in [6.07, 6.45) is 5.67. The van der Waals surface area contributed by atoms with Crippen LogP contribution in [0.15, 0.2) is 24.5 Å². The molecule has 1 fully saturated rings. The molecule has 6 heteroatoms. The molecule has 116 valence electrons. The van der Waals surface area contributed by atoms with Crippen molar-refractivity contribution in [3.05, 3.63) is 35.8 Å². The van der Waals surface area contributed by atoms with Crippen LogP contribution in [0, 0.1) is 6.92 Å². The van der Waals surface area contributed by atoms with Crippen LogP contribution < -0.4 is 9.80 Å². The van der Waals surface area contributed by atoms with Gasteiger partial charge in [-0.25, -0.2) is 9.97 Å². The molecule has 0 saturated carbocycles. The fraction of sp³-hybridized carbons (Fsp3) is 0.500. The molecule has 6 nitrogen and oxygen atoms in total. The first kappa shape index (κ1) is 14.7. The summed E-state index contributed by atoms with van der Waals surface area (Å²) in [7, 11) is 0. The van der Waals surface area contributed by atoms with Crippen molar-refractivity contribution >= 4 is 11.8 Å². The molecule has 0 radical (unpaired) electrons. The predicted octanol–water partition coefficient (Wildman–Crippen LogP) is 1.85. The van der Waals surface area contributed by atoms with Crippen LogP contribution in [0.1, 0.15) is 24.6 Å². The molecule has 0 aliphatic carbocycles. The highest BCUT2D eigenvalue weighted by Gasteiger charge is 2.21. The van der Waals surface area contributed by atoms with E-state index in [1.807, 2.05) is 6.07 Å². The fourth-order valence-corrected chi connectivity index (χ4v) is 2.80. The number of aromatic nitrogens is 4. The third kappa shape index (κ3) is 3.16. The molecule has 0 spiro atoms. The smallest absolute Gasteiger partial charge is 0.225 e. The molecule has 0 aromatic carbocycles. The summed E-state index contributed by atoms with van der Waals surface area (Å²) in [4.78, 5) is 13.2. The molecule has 0 N–H and O–H groups in total. The zero-order chi connectivity index (χ0) is 15.4. The molecule has 22 heavy (non-hydrogen) atoms. The number of piperazine rings is 1. The normalized spacial score (nSPS) is 15.2. The van der Waals surface area contributed by atoms with E-state index in [1.165, 1.54) is 5.56 Å². The summed E-state index contributed by atoms with van der Waals surface area (Å²) in [6.45, 7) is 7.93. The predicted molar refractivity (Wildman–Crippen MR) is 87.2 cm³/mol. The minimum Gasteiger partial charge on any atom is -0.351 e. The lowest BCUT2D eigenvalue weighted by Gasteiger charge is -2.35. The summed E-state index contributed by atoms with van der Waals surface area (Å²) in [6, 6.07) is 4.01. The van der Waals surface area contributed by atoms with Crippen molar-refractivity contribution in [2.75, 3.05) is 36.0 Å². The second-order valence-corrected chi connectivity index (χ2v) is 5.62. The summed E-state index contributed by atoms with van der Waals surface area (Å²) >= 11 is 0. The lowest BCUT2D eigenvalue weighted by atomic mass is 10.2. The largest absolute Gasteiger partial charge is 0.351 e. The van der Waals surface area contributed by atoms with Crippen LogP contribution in [-0.4, -0.2) is 46.3 Å². The quantitative estimate of drug-likeness (QED) is 0.858. The van der Waals surface area contributed by atoms with Gasteiger partial charge in [-0.15, -0.1) is 5.10 Å². The van der Waals surface area contributed by atoms with Gasteiger partial charge < -0.3 is 9.80 Å². The summed E-state index contributed by atoms with van der Waals surface area (Å²) < 4.78 is 0. The van der Waals surface area contributed by atoms with Gasteiger partial charge in [0, 0.05) is 38.6 Å². The maximum absolute atomic E-state index is 4.44. The number of anilines is 2. The summed E-state index contributed by atoms with van der Waals surface area (Å²) in [5, 5.41) is 8.80. The first-order chi connectivity index (χ1) is 10.8. The van der Waals surface area contributed by atoms with Crippen LogP contribution >= 0.6 is 0 Å². The topological polar surface area (TPSA) is 58.0 Å². The van der Waals surface area contributed by atoms with Crippen molar-refractivity contribution in [3.63, 3.8) is 0 Å². The van der Waals surface area contributed by atoms with Crippen LogP contribution in [0.2, 0.25) is 0 Å². The summed E-state index contributed by atoms with van der Waals surface area (Å²) in [5.41, 5.74) is 2.29. The third-order valence-corrected chi connectivity index (χ3v) is 3.93. The highest BCUT2D eigenvalue weighted by molar-refractivity contribution is 5.47. The van der Waals surface area contributed by atoms with Gasteiger partial charge in [0.25, 0.3) is 0 Å². The monoisotopic (exact) mass is 298 g/mol. The van der Waals surface area contributed by atoms with E-state index in [0.29, 0.717) is 0 Å². The second kappa shape index (κ2) is 6.68. The molecule has 1 aliphatic rings. The number of nitrogens with zero attached hydrogens (tertiary/aromatic N) is 6. The minimum absolute atomic E-state index is 0.809. The molecule has 0 bridgehead atoms. The molecule has 0 amide bonds. The van der Waals surface area contributed by atoms with E-state index >= 15 is 0 Å². The van der Waals surface area contributed by atoms with E-state index in [1.54, 1.807) is 12.4 Å². The first-order valence-electron chi connectivity index (χ1n) is 7.88.